The van der Waals surface area contributed by atoms with Crippen molar-refractivity contribution in [3.05, 3.63) is 44.2 Å². The predicted molar refractivity (Wildman–Crippen MR) is 78.2 cm³/mol. The second-order valence-electron chi connectivity index (χ2n) is 3.41. The van der Waals surface area contributed by atoms with Gasteiger partial charge in [-0.15, -0.1) is 0 Å². The van der Waals surface area contributed by atoms with Crippen LogP contribution in [0.1, 0.15) is 10.4 Å². The van der Waals surface area contributed by atoms with Crippen LogP contribution in [0.3, 0.4) is 0 Å². The number of aromatic amines is 1. The lowest BCUT2D eigenvalue weighted by Crippen LogP contribution is -2.26. The highest BCUT2D eigenvalue weighted by molar-refractivity contribution is 14.1. The minimum atomic E-state index is -0.0879. The molecule has 2 aromatic rings. The van der Waals surface area contributed by atoms with Gasteiger partial charge in [0.25, 0.3) is 5.91 Å². The molecule has 2 rings (SSSR count). The van der Waals surface area contributed by atoms with Crippen LogP contribution in [0, 0.1) is 3.70 Å². The van der Waals surface area contributed by atoms with Crippen LogP contribution < -0.4 is 4.90 Å². The van der Waals surface area contributed by atoms with Crippen LogP contribution >= 0.6 is 38.5 Å². The fourth-order valence-corrected chi connectivity index (χ4v) is 2.49. The summed E-state index contributed by atoms with van der Waals surface area (Å²) in [4.78, 5) is 13.8. The van der Waals surface area contributed by atoms with Gasteiger partial charge in [-0.2, -0.15) is 5.10 Å². The van der Waals surface area contributed by atoms with Gasteiger partial charge in [-0.1, -0.05) is 12.1 Å². The predicted octanol–water partition coefficient (Wildman–Crippen LogP) is 3.05. The standard InChI is InChI=1S/C11H9BrIN3O/c1-16(9-5-3-2-4-8(9)12)11(17)7-6-14-15-10(7)13/h2-6H,1H3,(H,14,15). The molecule has 1 aromatic heterocycles. The average Bonchev–Trinajstić information content (AvgIpc) is 2.74. The van der Waals surface area contributed by atoms with Crippen LogP contribution in [-0.4, -0.2) is 23.2 Å². The highest BCUT2D eigenvalue weighted by Gasteiger charge is 2.18. The molecule has 1 heterocycles. The van der Waals surface area contributed by atoms with Crippen LogP contribution in [0.4, 0.5) is 5.69 Å². The summed E-state index contributed by atoms with van der Waals surface area (Å²) in [6.07, 6.45) is 1.54. The first kappa shape index (κ1) is 12.6. The number of nitrogens with one attached hydrogen (secondary N) is 1. The minimum absolute atomic E-state index is 0.0879. The van der Waals surface area contributed by atoms with Gasteiger partial charge in [0.15, 0.2) is 0 Å². The zero-order valence-electron chi connectivity index (χ0n) is 8.95. The number of amides is 1. The van der Waals surface area contributed by atoms with Crippen molar-refractivity contribution in [3.8, 4) is 0 Å². The first-order valence-corrected chi connectivity index (χ1v) is 6.70. The van der Waals surface area contributed by atoms with E-state index in [-0.39, 0.29) is 5.91 Å². The molecule has 0 unspecified atom stereocenters. The number of hydrogen-bond donors (Lipinski definition) is 1. The molecule has 1 aromatic carbocycles. The van der Waals surface area contributed by atoms with Gasteiger partial charge in [-0.05, 0) is 50.7 Å². The molecular formula is C11H9BrIN3O. The molecule has 0 aliphatic carbocycles. The number of hydrogen-bond acceptors (Lipinski definition) is 2. The third-order valence-corrected chi connectivity index (χ3v) is 3.83. The number of benzene rings is 1. The van der Waals surface area contributed by atoms with Crippen LogP contribution in [0.25, 0.3) is 0 Å². The Morgan fingerprint density at radius 1 is 1.47 bits per heavy atom. The molecule has 0 saturated heterocycles. The molecule has 0 aliphatic rings. The molecule has 0 spiro atoms. The van der Waals surface area contributed by atoms with Crippen LogP contribution in [0.5, 0.6) is 0 Å². The Balaban J connectivity index is 2.33. The van der Waals surface area contributed by atoms with E-state index in [1.165, 1.54) is 6.20 Å². The van der Waals surface area contributed by atoms with Crippen LogP contribution in [0.15, 0.2) is 34.9 Å². The van der Waals surface area contributed by atoms with E-state index in [0.717, 1.165) is 13.9 Å². The average molecular weight is 406 g/mol. The smallest absolute Gasteiger partial charge is 0.262 e. The lowest BCUT2D eigenvalue weighted by atomic mass is 10.2. The van der Waals surface area contributed by atoms with Crippen molar-refractivity contribution in [2.75, 3.05) is 11.9 Å². The number of para-hydroxylation sites is 1. The molecule has 0 aliphatic heterocycles. The number of halogens is 2. The molecule has 4 nitrogen and oxygen atoms in total. The molecule has 0 radical (unpaired) electrons. The van der Waals surface area contributed by atoms with E-state index < -0.39 is 0 Å². The quantitative estimate of drug-likeness (QED) is 0.780. The van der Waals surface area contributed by atoms with E-state index in [1.807, 2.05) is 24.3 Å². The topological polar surface area (TPSA) is 49.0 Å². The number of rotatable bonds is 2. The summed E-state index contributed by atoms with van der Waals surface area (Å²) >= 11 is 5.48. The number of anilines is 1. The molecule has 0 saturated carbocycles. The van der Waals surface area contributed by atoms with E-state index in [4.69, 9.17) is 0 Å². The maximum absolute atomic E-state index is 12.2. The van der Waals surface area contributed by atoms with Crippen LogP contribution in [-0.2, 0) is 0 Å². The van der Waals surface area contributed by atoms with Gasteiger partial charge in [-0.25, -0.2) is 0 Å². The van der Waals surface area contributed by atoms with Crippen molar-refractivity contribution in [1.82, 2.24) is 10.2 Å². The van der Waals surface area contributed by atoms with Crippen molar-refractivity contribution < 1.29 is 4.79 Å². The van der Waals surface area contributed by atoms with Gasteiger partial charge in [0.2, 0.25) is 0 Å². The summed E-state index contributed by atoms with van der Waals surface area (Å²) < 4.78 is 1.63. The fourth-order valence-electron chi connectivity index (χ4n) is 1.43. The van der Waals surface area contributed by atoms with Gasteiger partial charge < -0.3 is 4.90 Å². The molecule has 0 fully saturated rings. The highest BCUT2D eigenvalue weighted by Crippen LogP contribution is 2.26. The number of nitrogens with zero attached hydrogens (tertiary/aromatic N) is 2. The summed E-state index contributed by atoms with van der Waals surface area (Å²) in [5.41, 5.74) is 1.40. The largest absolute Gasteiger partial charge is 0.310 e. The van der Waals surface area contributed by atoms with E-state index >= 15 is 0 Å². The van der Waals surface area contributed by atoms with Crippen molar-refractivity contribution >= 4 is 50.1 Å². The van der Waals surface area contributed by atoms with Crippen molar-refractivity contribution in [2.45, 2.75) is 0 Å². The normalized spacial score (nSPS) is 10.3. The van der Waals surface area contributed by atoms with Crippen LogP contribution in [0.2, 0.25) is 0 Å². The van der Waals surface area contributed by atoms with Crippen molar-refractivity contribution in [1.29, 1.82) is 0 Å². The lowest BCUT2D eigenvalue weighted by Gasteiger charge is -2.18. The zero-order valence-corrected chi connectivity index (χ0v) is 12.7. The summed E-state index contributed by atoms with van der Waals surface area (Å²) in [6, 6.07) is 7.59. The monoisotopic (exact) mass is 405 g/mol. The first-order chi connectivity index (χ1) is 8.11. The van der Waals surface area contributed by atoms with E-state index in [9.17, 15) is 4.79 Å². The molecule has 1 N–H and O–H groups in total. The SMILES string of the molecule is CN(C(=O)c1cn[nH]c1I)c1ccccc1Br. The summed E-state index contributed by atoms with van der Waals surface area (Å²) in [6.45, 7) is 0. The number of H-pyrrole nitrogens is 1. The molecule has 6 heteroatoms. The van der Waals surface area contributed by atoms with Gasteiger partial charge in [0, 0.05) is 11.5 Å². The first-order valence-electron chi connectivity index (χ1n) is 4.82. The third-order valence-electron chi connectivity index (χ3n) is 2.34. The van der Waals surface area contributed by atoms with E-state index in [1.54, 1.807) is 11.9 Å². The molecule has 17 heavy (non-hydrogen) atoms. The Morgan fingerprint density at radius 2 is 2.18 bits per heavy atom. The number of aromatic nitrogens is 2. The maximum Gasteiger partial charge on any atom is 0.262 e. The molecule has 88 valence electrons. The lowest BCUT2D eigenvalue weighted by molar-refractivity contribution is 0.0992. The molecule has 0 bridgehead atoms. The second-order valence-corrected chi connectivity index (χ2v) is 5.35. The van der Waals surface area contributed by atoms with E-state index in [2.05, 4.69) is 48.7 Å². The van der Waals surface area contributed by atoms with Gasteiger partial charge in [0.1, 0.15) is 3.70 Å². The Kier molecular flexibility index (Phi) is 3.82. The zero-order chi connectivity index (χ0) is 12.4. The maximum atomic E-state index is 12.2. The Bertz CT molecular complexity index is 555. The molecular weight excluding hydrogens is 397 g/mol. The minimum Gasteiger partial charge on any atom is -0.310 e. The number of carbonyl (C=O) groups is 1. The number of carbonyl (C=O) groups excluding carboxylic acids is 1. The molecule has 0 atom stereocenters. The Hall–Kier alpha value is -0.890. The summed E-state index contributed by atoms with van der Waals surface area (Å²) in [7, 11) is 1.74. The van der Waals surface area contributed by atoms with Crippen molar-refractivity contribution in [3.63, 3.8) is 0 Å². The van der Waals surface area contributed by atoms with Gasteiger partial charge in [0.05, 0.1) is 17.4 Å². The van der Waals surface area contributed by atoms with Gasteiger partial charge >= 0.3 is 0 Å². The Morgan fingerprint density at radius 3 is 2.76 bits per heavy atom. The third kappa shape index (κ3) is 2.52. The fraction of sp³-hybridized carbons (Fsp3) is 0.0909. The van der Waals surface area contributed by atoms with Crippen molar-refractivity contribution in [2.24, 2.45) is 0 Å². The Labute approximate surface area is 121 Å². The van der Waals surface area contributed by atoms with E-state index in [0.29, 0.717) is 5.56 Å². The highest BCUT2D eigenvalue weighted by atomic mass is 127. The molecule has 1 amide bonds. The summed E-state index contributed by atoms with van der Waals surface area (Å²) in [5, 5.41) is 6.60. The second kappa shape index (κ2) is 5.18. The van der Waals surface area contributed by atoms with Gasteiger partial charge in [-0.3, -0.25) is 9.89 Å². The summed E-state index contributed by atoms with van der Waals surface area (Å²) in [5.74, 6) is -0.0879.